The van der Waals surface area contributed by atoms with Crippen LogP contribution in [0.5, 0.6) is 0 Å². The molecule has 13 heavy (non-hydrogen) atoms. The van der Waals surface area contributed by atoms with Crippen LogP contribution in [-0.4, -0.2) is 16.6 Å². The summed E-state index contributed by atoms with van der Waals surface area (Å²) in [5.74, 6) is 1.35. The van der Waals surface area contributed by atoms with Crippen molar-refractivity contribution in [3.8, 4) is 0 Å². The van der Waals surface area contributed by atoms with Gasteiger partial charge in [0.05, 0.1) is 16.6 Å². The molecule has 0 aliphatic carbocycles. The van der Waals surface area contributed by atoms with Crippen LogP contribution < -0.4 is 0 Å². The van der Waals surface area contributed by atoms with Gasteiger partial charge in [0.2, 0.25) is 0 Å². The van der Waals surface area contributed by atoms with Crippen LogP contribution in [-0.2, 0) is 15.5 Å². The molecule has 0 amide bonds. The highest BCUT2D eigenvalue weighted by molar-refractivity contribution is 7.88. The molecule has 0 spiro atoms. The fourth-order valence-electron chi connectivity index (χ4n) is 1.20. The second-order valence-electron chi connectivity index (χ2n) is 2.78. The standard InChI is InChI=1S/C10H10O2S/c11-13-7-6-12-10(8-13)9-4-2-1-3-5-9/h1-5,8H,6-7H2/t13-/m0/s1. The summed E-state index contributed by atoms with van der Waals surface area (Å²) in [7, 11) is -0.858. The second-order valence-corrected chi connectivity index (χ2v) is 4.19. The average molecular weight is 194 g/mol. The van der Waals surface area contributed by atoms with Crippen molar-refractivity contribution in [3.05, 3.63) is 41.3 Å². The Hall–Kier alpha value is -1.09. The minimum atomic E-state index is -0.858. The molecule has 3 heteroatoms. The smallest absolute Gasteiger partial charge is 0.135 e. The van der Waals surface area contributed by atoms with Gasteiger partial charge >= 0.3 is 0 Å². The van der Waals surface area contributed by atoms with E-state index in [0.29, 0.717) is 12.4 Å². The molecule has 1 aromatic carbocycles. The van der Waals surface area contributed by atoms with Gasteiger partial charge in [-0.05, 0) is 0 Å². The summed E-state index contributed by atoms with van der Waals surface area (Å²) in [6.45, 7) is 0.549. The Morgan fingerprint density at radius 2 is 2.00 bits per heavy atom. The predicted octanol–water partition coefficient (Wildman–Crippen LogP) is 1.76. The maximum atomic E-state index is 11.2. The molecule has 0 radical (unpaired) electrons. The lowest BCUT2D eigenvalue weighted by atomic mass is 10.2. The van der Waals surface area contributed by atoms with Gasteiger partial charge in [0, 0.05) is 11.0 Å². The molecule has 1 aromatic rings. The van der Waals surface area contributed by atoms with E-state index in [9.17, 15) is 4.21 Å². The summed E-state index contributed by atoms with van der Waals surface area (Å²) in [4.78, 5) is 0. The minimum Gasteiger partial charge on any atom is -0.491 e. The van der Waals surface area contributed by atoms with Crippen molar-refractivity contribution < 1.29 is 8.95 Å². The third-order valence-corrected chi connectivity index (χ3v) is 2.88. The van der Waals surface area contributed by atoms with Crippen molar-refractivity contribution in [1.82, 2.24) is 0 Å². The third-order valence-electron chi connectivity index (χ3n) is 1.84. The molecule has 1 heterocycles. The largest absolute Gasteiger partial charge is 0.491 e. The second kappa shape index (κ2) is 3.75. The Morgan fingerprint density at radius 1 is 1.23 bits per heavy atom. The first-order chi connectivity index (χ1) is 6.36. The predicted molar refractivity (Wildman–Crippen MR) is 53.4 cm³/mol. The molecule has 1 aliphatic heterocycles. The van der Waals surface area contributed by atoms with Crippen LogP contribution in [0.15, 0.2) is 35.7 Å². The summed E-state index contributed by atoms with van der Waals surface area (Å²) in [6, 6.07) is 9.74. The normalized spacial score (nSPS) is 21.8. The maximum absolute atomic E-state index is 11.2. The third kappa shape index (κ3) is 1.98. The van der Waals surface area contributed by atoms with Crippen molar-refractivity contribution in [2.24, 2.45) is 0 Å². The van der Waals surface area contributed by atoms with Gasteiger partial charge in [0.25, 0.3) is 0 Å². The maximum Gasteiger partial charge on any atom is 0.135 e. The quantitative estimate of drug-likeness (QED) is 0.681. The van der Waals surface area contributed by atoms with Crippen LogP contribution >= 0.6 is 0 Å². The van der Waals surface area contributed by atoms with Crippen molar-refractivity contribution in [2.75, 3.05) is 12.4 Å². The first-order valence-electron chi connectivity index (χ1n) is 4.13. The zero-order chi connectivity index (χ0) is 9.10. The zero-order valence-corrected chi connectivity index (χ0v) is 7.92. The van der Waals surface area contributed by atoms with E-state index in [2.05, 4.69) is 0 Å². The SMILES string of the molecule is O=[S@@]1C=C(c2ccccc2)OCC1. The van der Waals surface area contributed by atoms with E-state index in [-0.39, 0.29) is 0 Å². The van der Waals surface area contributed by atoms with Gasteiger partial charge in [-0.25, -0.2) is 0 Å². The van der Waals surface area contributed by atoms with Crippen LogP contribution in [0.2, 0.25) is 0 Å². The van der Waals surface area contributed by atoms with E-state index in [4.69, 9.17) is 4.74 Å². The molecular formula is C10H10O2S. The molecule has 1 atom stereocenters. The van der Waals surface area contributed by atoms with Gasteiger partial charge in [0.15, 0.2) is 0 Å². The summed E-state index contributed by atoms with van der Waals surface area (Å²) < 4.78 is 16.6. The first-order valence-corrected chi connectivity index (χ1v) is 5.52. The number of benzene rings is 1. The fraction of sp³-hybridized carbons (Fsp3) is 0.200. The summed E-state index contributed by atoms with van der Waals surface area (Å²) in [5, 5.41) is 1.68. The van der Waals surface area contributed by atoms with Gasteiger partial charge in [-0.15, -0.1) is 0 Å². The highest BCUT2D eigenvalue weighted by Crippen LogP contribution is 2.18. The summed E-state index contributed by atoms with van der Waals surface area (Å²) in [5.41, 5.74) is 0.996. The molecule has 2 rings (SSSR count). The average Bonchev–Trinajstić information content (AvgIpc) is 2.19. The van der Waals surface area contributed by atoms with Crippen molar-refractivity contribution in [2.45, 2.75) is 0 Å². The topological polar surface area (TPSA) is 26.3 Å². The van der Waals surface area contributed by atoms with E-state index < -0.39 is 10.8 Å². The molecule has 0 aromatic heterocycles. The number of rotatable bonds is 1. The van der Waals surface area contributed by atoms with Crippen LogP contribution in [0.3, 0.4) is 0 Å². The molecule has 0 saturated heterocycles. The van der Waals surface area contributed by atoms with Crippen LogP contribution in [0.1, 0.15) is 5.56 Å². The Labute approximate surface area is 79.7 Å². The van der Waals surface area contributed by atoms with E-state index in [1.165, 1.54) is 0 Å². The summed E-state index contributed by atoms with van der Waals surface area (Å²) >= 11 is 0. The molecule has 68 valence electrons. The van der Waals surface area contributed by atoms with Crippen LogP contribution in [0.4, 0.5) is 0 Å². The van der Waals surface area contributed by atoms with Gasteiger partial charge in [-0.1, -0.05) is 30.3 Å². The first kappa shape index (κ1) is 8.51. The van der Waals surface area contributed by atoms with E-state index in [0.717, 1.165) is 11.3 Å². The Bertz CT molecular complexity index is 343. The molecule has 2 nitrogen and oxygen atoms in total. The van der Waals surface area contributed by atoms with Crippen LogP contribution in [0, 0.1) is 0 Å². The lowest BCUT2D eigenvalue weighted by Gasteiger charge is -2.14. The Balaban J connectivity index is 2.31. The van der Waals surface area contributed by atoms with Gasteiger partial charge < -0.3 is 4.74 Å². The highest BCUT2D eigenvalue weighted by atomic mass is 32.2. The fourth-order valence-corrected chi connectivity index (χ4v) is 2.01. The van der Waals surface area contributed by atoms with Crippen molar-refractivity contribution >= 4 is 16.6 Å². The molecule has 0 N–H and O–H groups in total. The molecule has 0 fully saturated rings. The van der Waals surface area contributed by atoms with Crippen LogP contribution in [0.25, 0.3) is 5.76 Å². The van der Waals surface area contributed by atoms with Gasteiger partial charge in [-0.3, -0.25) is 4.21 Å². The van der Waals surface area contributed by atoms with E-state index in [1.54, 1.807) is 5.41 Å². The zero-order valence-electron chi connectivity index (χ0n) is 7.10. The van der Waals surface area contributed by atoms with Crippen molar-refractivity contribution in [3.63, 3.8) is 0 Å². The minimum absolute atomic E-state index is 0.549. The lowest BCUT2D eigenvalue weighted by Crippen LogP contribution is -2.10. The Morgan fingerprint density at radius 3 is 2.69 bits per heavy atom. The molecule has 0 saturated carbocycles. The molecule has 1 aliphatic rings. The Kier molecular flexibility index (Phi) is 2.45. The summed E-state index contributed by atoms with van der Waals surface area (Å²) in [6.07, 6.45) is 0. The van der Waals surface area contributed by atoms with Gasteiger partial charge in [0.1, 0.15) is 12.4 Å². The van der Waals surface area contributed by atoms with E-state index in [1.807, 2.05) is 30.3 Å². The van der Waals surface area contributed by atoms with Crippen molar-refractivity contribution in [1.29, 1.82) is 0 Å². The van der Waals surface area contributed by atoms with E-state index >= 15 is 0 Å². The number of hydrogen-bond acceptors (Lipinski definition) is 2. The molecule has 0 bridgehead atoms. The monoisotopic (exact) mass is 194 g/mol. The molecule has 0 unspecified atom stereocenters. The highest BCUT2D eigenvalue weighted by Gasteiger charge is 2.10. The molecular weight excluding hydrogens is 184 g/mol. The number of hydrogen-bond donors (Lipinski definition) is 0. The number of ether oxygens (including phenoxy) is 1. The lowest BCUT2D eigenvalue weighted by molar-refractivity contribution is 0.298. The van der Waals surface area contributed by atoms with Gasteiger partial charge in [-0.2, -0.15) is 0 Å².